The van der Waals surface area contributed by atoms with E-state index in [0.29, 0.717) is 5.92 Å². The van der Waals surface area contributed by atoms with E-state index in [0.717, 1.165) is 0 Å². The fraction of sp³-hybridized carbons (Fsp3) is 0.556. The molecule has 0 aromatic carbocycles. The molecule has 56 valence electrons. The average Bonchev–Trinajstić information content (AvgIpc) is 2.36. The van der Waals surface area contributed by atoms with Crippen LogP contribution in [-0.2, 0) is 0 Å². The van der Waals surface area contributed by atoms with E-state index in [1.54, 1.807) is 0 Å². The summed E-state index contributed by atoms with van der Waals surface area (Å²) in [4.78, 5) is 0. The van der Waals surface area contributed by atoms with Gasteiger partial charge in [0, 0.05) is 5.92 Å². The standard InChI is InChI=1S/C9H14O/c1-7(2)9(10)8-5-3-4-6-8/h3-10H,1-2H3. The maximum absolute atomic E-state index is 9.52. The maximum Gasteiger partial charge on any atom is 0.0660 e. The molecule has 0 radical (unpaired) electrons. The number of hydrogen-bond acceptors (Lipinski definition) is 1. The second kappa shape index (κ2) is 3.02. The molecule has 0 spiro atoms. The van der Waals surface area contributed by atoms with Crippen LogP contribution in [0.25, 0.3) is 0 Å². The predicted molar refractivity (Wildman–Crippen MR) is 42.6 cm³/mol. The van der Waals surface area contributed by atoms with Gasteiger partial charge in [0.25, 0.3) is 0 Å². The molecule has 1 aliphatic carbocycles. The van der Waals surface area contributed by atoms with Crippen LogP contribution in [0.5, 0.6) is 0 Å². The second-order valence-corrected chi connectivity index (χ2v) is 3.08. The van der Waals surface area contributed by atoms with E-state index in [9.17, 15) is 5.11 Å². The van der Waals surface area contributed by atoms with E-state index < -0.39 is 0 Å². The van der Waals surface area contributed by atoms with Gasteiger partial charge in [0.1, 0.15) is 0 Å². The predicted octanol–water partition coefficient (Wildman–Crippen LogP) is 1.75. The summed E-state index contributed by atoms with van der Waals surface area (Å²) < 4.78 is 0. The molecular weight excluding hydrogens is 124 g/mol. The summed E-state index contributed by atoms with van der Waals surface area (Å²) >= 11 is 0. The van der Waals surface area contributed by atoms with Crippen molar-refractivity contribution >= 4 is 0 Å². The van der Waals surface area contributed by atoms with Gasteiger partial charge in [-0.1, -0.05) is 38.2 Å². The molecule has 0 aliphatic heterocycles. The third-order valence-corrected chi connectivity index (χ3v) is 1.86. The molecule has 0 amide bonds. The zero-order valence-corrected chi connectivity index (χ0v) is 6.49. The molecule has 0 heterocycles. The average molecular weight is 138 g/mol. The van der Waals surface area contributed by atoms with Crippen LogP contribution in [-0.4, -0.2) is 11.2 Å². The molecule has 1 N–H and O–H groups in total. The lowest BCUT2D eigenvalue weighted by Gasteiger charge is -2.18. The molecule has 1 unspecified atom stereocenters. The Kier molecular flexibility index (Phi) is 2.28. The summed E-state index contributed by atoms with van der Waals surface area (Å²) in [5.41, 5.74) is 0. The lowest BCUT2D eigenvalue weighted by molar-refractivity contribution is 0.102. The van der Waals surface area contributed by atoms with Gasteiger partial charge in [-0.05, 0) is 5.92 Å². The van der Waals surface area contributed by atoms with Gasteiger partial charge in [-0.3, -0.25) is 0 Å². The van der Waals surface area contributed by atoms with Crippen LogP contribution in [0, 0.1) is 11.8 Å². The molecule has 0 aromatic rings. The van der Waals surface area contributed by atoms with Crippen LogP contribution in [0.1, 0.15) is 13.8 Å². The molecule has 1 atom stereocenters. The van der Waals surface area contributed by atoms with Crippen LogP contribution in [0.2, 0.25) is 0 Å². The molecule has 10 heavy (non-hydrogen) atoms. The highest BCUT2D eigenvalue weighted by Crippen LogP contribution is 2.18. The smallest absolute Gasteiger partial charge is 0.0660 e. The first-order chi connectivity index (χ1) is 4.72. The van der Waals surface area contributed by atoms with Crippen LogP contribution in [0.15, 0.2) is 24.3 Å². The van der Waals surface area contributed by atoms with Gasteiger partial charge in [0.05, 0.1) is 6.10 Å². The lowest BCUT2D eigenvalue weighted by Crippen LogP contribution is -2.21. The third-order valence-electron chi connectivity index (χ3n) is 1.86. The fourth-order valence-electron chi connectivity index (χ4n) is 1.12. The quantitative estimate of drug-likeness (QED) is 0.616. The van der Waals surface area contributed by atoms with E-state index in [4.69, 9.17) is 0 Å². The van der Waals surface area contributed by atoms with Crippen molar-refractivity contribution in [3.8, 4) is 0 Å². The van der Waals surface area contributed by atoms with Crippen molar-refractivity contribution < 1.29 is 5.11 Å². The zero-order chi connectivity index (χ0) is 7.56. The van der Waals surface area contributed by atoms with Gasteiger partial charge in [-0.2, -0.15) is 0 Å². The number of aliphatic hydroxyl groups is 1. The Bertz CT molecular complexity index is 144. The lowest BCUT2D eigenvalue weighted by atomic mass is 9.95. The summed E-state index contributed by atoms with van der Waals surface area (Å²) in [5, 5.41) is 9.52. The molecular formula is C9H14O. The molecule has 0 saturated carbocycles. The highest BCUT2D eigenvalue weighted by Gasteiger charge is 2.18. The molecule has 1 nitrogen and oxygen atoms in total. The maximum atomic E-state index is 9.52. The Labute approximate surface area is 62.1 Å². The molecule has 1 rings (SSSR count). The number of allylic oxidation sites excluding steroid dienone is 2. The SMILES string of the molecule is CC(C)C(O)C1C=CC=C1. The highest BCUT2D eigenvalue weighted by atomic mass is 16.3. The van der Waals surface area contributed by atoms with E-state index in [-0.39, 0.29) is 12.0 Å². The second-order valence-electron chi connectivity index (χ2n) is 3.08. The first-order valence-electron chi connectivity index (χ1n) is 3.75. The number of aliphatic hydroxyl groups excluding tert-OH is 1. The third kappa shape index (κ3) is 1.48. The first kappa shape index (κ1) is 7.55. The van der Waals surface area contributed by atoms with Gasteiger partial charge < -0.3 is 5.11 Å². The molecule has 0 bridgehead atoms. The van der Waals surface area contributed by atoms with Crippen LogP contribution < -0.4 is 0 Å². The minimum absolute atomic E-state index is 0.213. The van der Waals surface area contributed by atoms with Crippen molar-refractivity contribution in [1.82, 2.24) is 0 Å². The van der Waals surface area contributed by atoms with Gasteiger partial charge in [0.15, 0.2) is 0 Å². The monoisotopic (exact) mass is 138 g/mol. The van der Waals surface area contributed by atoms with E-state index in [2.05, 4.69) is 0 Å². The summed E-state index contributed by atoms with van der Waals surface area (Å²) in [6.07, 6.45) is 7.82. The minimum Gasteiger partial charge on any atom is -0.392 e. The van der Waals surface area contributed by atoms with Crippen molar-refractivity contribution in [3.63, 3.8) is 0 Å². The fourth-order valence-corrected chi connectivity index (χ4v) is 1.12. The van der Waals surface area contributed by atoms with Crippen LogP contribution in [0.4, 0.5) is 0 Å². The zero-order valence-electron chi connectivity index (χ0n) is 6.49. The molecule has 0 aromatic heterocycles. The van der Waals surface area contributed by atoms with Crippen molar-refractivity contribution in [3.05, 3.63) is 24.3 Å². The Hall–Kier alpha value is -0.560. The van der Waals surface area contributed by atoms with Gasteiger partial charge >= 0.3 is 0 Å². The molecule has 1 heteroatoms. The molecule has 0 saturated heterocycles. The number of rotatable bonds is 2. The Balaban J connectivity index is 2.49. The topological polar surface area (TPSA) is 20.2 Å². The van der Waals surface area contributed by atoms with Crippen molar-refractivity contribution in [2.45, 2.75) is 20.0 Å². The van der Waals surface area contributed by atoms with Gasteiger partial charge in [-0.25, -0.2) is 0 Å². The summed E-state index contributed by atoms with van der Waals surface area (Å²) in [5.74, 6) is 0.595. The Morgan fingerprint density at radius 1 is 1.20 bits per heavy atom. The van der Waals surface area contributed by atoms with Gasteiger partial charge in [0.2, 0.25) is 0 Å². The van der Waals surface area contributed by atoms with Crippen molar-refractivity contribution in [1.29, 1.82) is 0 Å². The van der Waals surface area contributed by atoms with Crippen molar-refractivity contribution in [2.24, 2.45) is 11.8 Å². The van der Waals surface area contributed by atoms with Crippen molar-refractivity contribution in [2.75, 3.05) is 0 Å². The summed E-state index contributed by atoms with van der Waals surface area (Å²) in [6, 6.07) is 0. The van der Waals surface area contributed by atoms with E-state index in [1.807, 2.05) is 38.2 Å². The highest BCUT2D eigenvalue weighted by molar-refractivity contribution is 5.19. The van der Waals surface area contributed by atoms with E-state index >= 15 is 0 Å². The summed E-state index contributed by atoms with van der Waals surface area (Å²) in [7, 11) is 0. The Morgan fingerprint density at radius 2 is 1.70 bits per heavy atom. The Morgan fingerprint density at radius 3 is 2.10 bits per heavy atom. The minimum atomic E-state index is -0.213. The normalized spacial score (nSPS) is 20.8. The molecule has 1 aliphatic rings. The largest absolute Gasteiger partial charge is 0.392 e. The van der Waals surface area contributed by atoms with Crippen LogP contribution in [0.3, 0.4) is 0 Å². The van der Waals surface area contributed by atoms with E-state index in [1.165, 1.54) is 0 Å². The van der Waals surface area contributed by atoms with Crippen LogP contribution >= 0.6 is 0 Å². The molecule has 0 fully saturated rings. The van der Waals surface area contributed by atoms with Gasteiger partial charge in [-0.15, -0.1) is 0 Å². The first-order valence-corrected chi connectivity index (χ1v) is 3.75. The number of hydrogen-bond donors (Lipinski definition) is 1. The summed E-state index contributed by atoms with van der Waals surface area (Å²) in [6.45, 7) is 4.06.